The topological polar surface area (TPSA) is 60.0 Å². The smallest absolute Gasteiger partial charge is 0.322 e. The van der Waals surface area contributed by atoms with Crippen molar-refractivity contribution in [3.63, 3.8) is 0 Å². The second-order valence-electron chi connectivity index (χ2n) is 5.98. The molecule has 0 aromatic heterocycles. The van der Waals surface area contributed by atoms with Crippen LogP contribution in [0.15, 0.2) is 42.5 Å². The summed E-state index contributed by atoms with van der Waals surface area (Å²) in [7, 11) is 1.58. The van der Waals surface area contributed by atoms with Gasteiger partial charge in [0.25, 0.3) is 0 Å². The van der Waals surface area contributed by atoms with Gasteiger partial charge in [-0.1, -0.05) is 18.2 Å². The summed E-state index contributed by atoms with van der Waals surface area (Å²) >= 11 is 0. The zero-order chi connectivity index (χ0) is 18.4. The molecule has 0 unspecified atom stereocenters. The molecule has 138 valence electrons. The van der Waals surface area contributed by atoms with Crippen molar-refractivity contribution in [3.05, 3.63) is 53.6 Å². The Bertz CT molecular complexity index is 763. The summed E-state index contributed by atoms with van der Waals surface area (Å²) in [4.78, 5) is 14.5. The monoisotopic (exact) mass is 356 g/mol. The van der Waals surface area contributed by atoms with Crippen LogP contribution in [0.4, 0.5) is 10.5 Å². The molecule has 2 aromatic carbocycles. The fourth-order valence-electron chi connectivity index (χ4n) is 2.87. The standard InChI is InChI=1S/C20H24N2O4/c1-3-25-14-15-8-9-18-16(12-15)13-22(10-11-26-18)20(23)21-17-6-4-5-7-19(17)24-2/h4-9,12H,3,10-11,13-14H2,1-2H3,(H,21,23). The number of para-hydroxylation sites is 2. The highest BCUT2D eigenvalue weighted by atomic mass is 16.5. The number of methoxy groups -OCH3 is 1. The average molecular weight is 356 g/mol. The second-order valence-corrected chi connectivity index (χ2v) is 5.98. The van der Waals surface area contributed by atoms with E-state index in [2.05, 4.69) is 5.32 Å². The van der Waals surface area contributed by atoms with E-state index in [0.717, 1.165) is 16.9 Å². The van der Waals surface area contributed by atoms with E-state index < -0.39 is 0 Å². The van der Waals surface area contributed by atoms with E-state index in [1.54, 1.807) is 12.0 Å². The highest BCUT2D eigenvalue weighted by Crippen LogP contribution is 2.27. The Balaban J connectivity index is 1.74. The normalized spacial score (nSPS) is 13.4. The summed E-state index contributed by atoms with van der Waals surface area (Å²) in [6.45, 7) is 4.64. The molecule has 0 atom stereocenters. The Morgan fingerprint density at radius 2 is 2.12 bits per heavy atom. The highest BCUT2D eigenvalue weighted by Gasteiger charge is 2.21. The minimum absolute atomic E-state index is 0.179. The van der Waals surface area contributed by atoms with Gasteiger partial charge in [-0.3, -0.25) is 0 Å². The van der Waals surface area contributed by atoms with E-state index in [9.17, 15) is 4.79 Å². The molecule has 6 heteroatoms. The molecule has 26 heavy (non-hydrogen) atoms. The molecule has 0 radical (unpaired) electrons. The summed E-state index contributed by atoms with van der Waals surface area (Å²) in [5, 5.41) is 2.92. The number of hydrogen-bond acceptors (Lipinski definition) is 4. The van der Waals surface area contributed by atoms with Crippen LogP contribution in [0, 0.1) is 0 Å². The van der Waals surface area contributed by atoms with Crippen LogP contribution >= 0.6 is 0 Å². The van der Waals surface area contributed by atoms with Crippen molar-refractivity contribution in [2.75, 3.05) is 32.2 Å². The zero-order valence-corrected chi connectivity index (χ0v) is 15.2. The molecule has 2 amide bonds. The van der Waals surface area contributed by atoms with Gasteiger partial charge in [-0.15, -0.1) is 0 Å². The fourth-order valence-corrected chi connectivity index (χ4v) is 2.87. The number of anilines is 1. The summed E-state index contributed by atoms with van der Waals surface area (Å²) in [6, 6.07) is 13.2. The third-order valence-corrected chi connectivity index (χ3v) is 4.21. The third kappa shape index (κ3) is 4.26. The summed E-state index contributed by atoms with van der Waals surface area (Å²) in [5.41, 5.74) is 2.70. The van der Waals surface area contributed by atoms with Crippen molar-refractivity contribution >= 4 is 11.7 Å². The summed E-state index contributed by atoms with van der Waals surface area (Å²) in [6.07, 6.45) is 0. The van der Waals surface area contributed by atoms with E-state index in [0.29, 0.717) is 44.3 Å². The first-order chi connectivity index (χ1) is 12.7. The Morgan fingerprint density at radius 3 is 2.92 bits per heavy atom. The van der Waals surface area contributed by atoms with E-state index >= 15 is 0 Å². The van der Waals surface area contributed by atoms with Crippen LogP contribution in [0.25, 0.3) is 0 Å². The second kappa shape index (κ2) is 8.58. The third-order valence-electron chi connectivity index (χ3n) is 4.21. The lowest BCUT2D eigenvalue weighted by Crippen LogP contribution is -2.36. The van der Waals surface area contributed by atoms with E-state index in [4.69, 9.17) is 14.2 Å². The van der Waals surface area contributed by atoms with E-state index in [1.165, 1.54) is 0 Å². The van der Waals surface area contributed by atoms with E-state index in [1.807, 2.05) is 49.4 Å². The molecule has 1 heterocycles. The minimum atomic E-state index is -0.179. The average Bonchev–Trinajstić information content (AvgIpc) is 2.88. The molecule has 0 spiro atoms. The minimum Gasteiger partial charge on any atom is -0.495 e. The van der Waals surface area contributed by atoms with Crippen LogP contribution in [-0.2, 0) is 17.9 Å². The Labute approximate surface area is 153 Å². The van der Waals surface area contributed by atoms with Gasteiger partial charge in [0, 0.05) is 12.2 Å². The fraction of sp³-hybridized carbons (Fsp3) is 0.350. The number of hydrogen-bond donors (Lipinski definition) is 1. The van der Waals surface area contributed by atoms with E-state index in [-0.39, 0.29) is 6.03 Å². The van der Waals surface area contributed by atoms with Gasteiger partial charge in [0.05, 0.1) is 32.5 Å². The maximum Gasteiger partial charge on any atom is 0.322 e. The van der Waals surface area contributed by atoms with Crippen molar-refractivity contribution in [1.82, 2.24) is 4.90 Å². The predicted octanol–water partition coefficient (Wildman–Crippen LogP) is 3.66. The lowest BCUT2D eigenvalue weighted by Gasteiger charge is -2.21. The predicted molar refractivity (Wildman–Crippen MR) is 99.7 cm³/mol. The Kier molecular flexibility index (Phi) is 5.96. The van der Waals surface area contributed by atoms with Crippen LogP contribution in [0.5, 0.6) is 11.5 Å². The first-order valence-corrected chi connectivity index (χ1v) is 8.72. The van der Waals surface area contributed by atoms with Gasteiger partial charge in [0.1, 0.15) is 18.1 Å². The van der Waals surface area contributed by atoms with Crippen molar-refractivity contribution < 1.29 is 19.0 Å². The number of rotatable bonds is 5. The first kappa shape index (κ1) is 18.1. The molecule has 0 fully saturated rings. The van der Waals surface area contributed by atoms with Crippen molar-refractivity contribution in [2.24, 2.45) is 0 Å². The van der Waals surface area contributed by atoms with Gasteiger partial charge in [0.15, 0.2) is 0 Å². The molecule has 1 aliphatic heterocycles. The van der Waals surface area contributed by atoms with Crippen LogP contribution in [0.2, 0.25) is 0 Å². The lowest BCUT2D eigenvalue weighted by atomic mass is 10.1. The number of ether oxygens (including phenoxy) is 3. The van der Waals surface area contributed by atoms with Crippen molar-refractivity contribution in [3.8, 4) is 11.5 Å². The van der Waals surface area contributed by atoms with Gasteiger partial charge in [-0.25, -0.2) is 4.79 Å². The van der Waals surface area contributed by atoms with Crippen molar-refractivity contribution in [1.29, 1.82) is 0 Å². The Hall–Kier alpha value is -2.73. The Morgan fingerprint density at radius 1 is 1.27 bits per heavy atom. The molecule has 0 saturated carbocycles. The number of urea groups is 1. The van der Waals surface area contributed by atoms with Crippen LogP contribution in [0.3, 0.4) is 0 Å². The van der Waals surface area contributed by atoms with Crippen LogP contribution < -0.4 is 14.8 Å². The largest absolute Gasteiger partial charge is 0.495 e. The summed E-state index contributed by atoms with van der Waals surface area (Å²) in [5.74, 6) is 1.45. The summed E-state index contributed by atoms with van der Waals surface area (Å²) < 4.78 is 16.6. The molecular formula is C20H24N2O4. The molecule has 0 saturated heterocycles. The SMILES string of the molecule is CCOCc1ccc2c(c1)CN(C(=O)Nc1ccccc1OC)CCO2. The maximum absolute atomic E-state index is 12.7. The van der Waals surface area contributed by atoms with Gasteiger partial charge in [0.2, 0.25) is 0 Å². The molecule has 3 rings (SSSR count). The molecule has 0 bridgehead atoms. The van der Waals surface area contributed by atoms with Crippen LogP contribution in [-0.4, -0.2) is 37.8 Å². The van der Waals surface area contributed by atoms with Gasteiger partial charge in [-0.2, -0.15) is 0 Å². The zero-order valence-electron chi connectivity index (χ0n) is 15.2. The number of fused-ring (bicyclic) bond motifs is 1. The number of benzene rings is 2. The maximum atomic E-state index is 12.7. The highest BCUT2D eigenvalue weighted by molar-refractivity contribution is 5.91. The molecule has 6 nitrogen and oxygen atoms in total. The number of nitrogens with one attached hydrogen (secondary N) is 1. The van der Waals surface area contributed by atoms with Gasteiger partial charge >= 0.3 is 6.03 Å². The number of nitrogens with zero attached hydrogens (tertiary/aromatic N) is 1. The first-order valence-electron chi connectivity index (χ1n) is 8.72. The van der Waals surface area contributed by atoms with Gasteiger partial charge in [-0.05, 0) is 36.8 Å². The molecule has 0 aliphatic carbocycles. The van der Waals surface area contributed by atoms with Crippen molar-refractivity contribution in [2.45, 2.75) is 20.1 Å². The van der Waals surface area contributed by atoms with Crippen LogP contribution in [0.1, 0.15) is 18.1 Å². The molecule has 1 N–H and O–H groups in total. The number of carbonyl (C=O) groups is 1. The molecular weight excluding hydrogens is 332 g/mol. The number of amides is 2. The molecule has 2 aromatic rings. The lowest BCUT2D eigenvalue weighted by molar-refractivity contribution is 0.134. The number of carbonyl (C=O) groups excluding carboxylic acids is 1. The quantitative estimate of drug-likeness (QED) is 0.888. The molecule has 1 aliphatic rings. The van der Waals surface area contributed by atoms with Gasteiger partial charge < -0.3 is 24.4 Å².